The lowest BCUT2D eigenvalue weighted by atomic mass is 9.97. The molecule has 0 saturated carbocycles. The Hall–Kier alpha value is -1.39. The minimum atomic E-state index is -0.879. The van der Waals surface area contributed by atoms with Crippen molar-refractivity contribution in [3.8, 4) is 0 Å². The molecular weight excluding hydrogens is 160 g/mol. The van der Waals surface area contributed by atoms with E-state index < -0.39 is 11.9 Å². The number of hydrogen-bond donors (Lipinski definition) is 0. The number of methoxy groups -OCH3 is 1. The summed E-state index contributed by atoms with van der Waals surface area (Å²) in [6.45, 7) is 0. The van der Waals surface area contributed by atoms with Gasteiger partial charge in [0.15, 0.2) is 0 Å². The molecule has 1 rings (SSSR count). The van der Waals surface area contributed by atoms with Crippen LogP contribution in [0.15, 0.2) is 12.3 Å². The van der Waals surface area contributed by atoms with Crippen LogP contribution in [0.2, 0.25) is 0 Å². The molecule has 5 heteroatoms. The van der Waals surface area contributed by atoms with Crippen molar-refractivity contribution in [3.05, 3.63) is 23.8 Å². The summed E-state index contributed by atoms with van der Waals surface area (Å²) in [6.07, 6.45) is 1.13. The number of rotatable bonds is 1. The summed E-state index contributed by atoms with van der Waals surface area (Å²) in [4.78, 5) is 14.1. The zero-order chi connectivity index (χ0) is 9.14. The van der Waals surface area contributed by atoms with Crippen LogP contribution < -0.4 is 5.46 Å². The topological polar surface area (TPSA) is 39.2 Å². The lowest BCUT2D eigenvalue weighted by Crippen LogP contribution is -2.13. The maximum Gasteiger partial charge on any atom is 0.342 e. The Morgan fingerprint density at radius 3 is 3.00 bits per heavy atom. The second kappa shape index (κ2) is 3.34. The van der Waals surface area contributed by atoms with E-state index in [-0.39, 0.29) is 11.0 Å². The number of pyridine rings is 1. The highest BCUT2D eigenvalue weighted by Crippen LogP contribution is 2.02. The summed E-state index contributed by atoms with van der Waals surface area (Å²) in [7, 11) is 6.44. The first-order valence-corrected chi connectivity index (χ1v) is 3.14. The number of nitrogens with zero attached hydrogens (tertiary/aromatic N) is 1. The van der Waals surface area contributed by atoms with Crippen LogP contribution in [-0.4, -0.2) is 25.9 Å². The second-order valence-corrected chi connectivity index (χ2v) is 2.10. The smallest absolute Gasteiger partial charge is 0.342 e. The van der Waals surface area contributed by atoms with Crippen LogP contribution in [0.5, 0.6) is 0 Å². The van der Waals surface area contributed by atoms with E-state index in [1.54, 1.807) is 0 Å². The Morgan fingerprint density at radius 2 is 2.42 bits per heavy atom. The molecule has 1 aromatic heterocycles. The molecule has 0 N–H and O–H groups in total. The van der Waals surface area contributed by atoms with Crippen molar-refractivity contribution in [3.63, 3.8) is 0 Å². The van der Waals surface area contributed by atoms with Crippen molar-refractivity contribution in [2.75, 3.05) is 7.11 Å². The Bertz CT molecular complexity index is 316. The van der Waals surface area contributed by atoms with E-state index in [9.17, 15) is 9.18 Å². The molecule has 0 unspecified atom stereocenters. The van der Waals surface area contributed by atoms with Crippen LogP contribution in [-0.2, 0) is 4.74 Å². The van der Waals surface area contributed by atoms with E-state index in [2.05, 4.69) is 9.72 Å². The predicted molar refractivity (Wildman–Crippen MR) is 40.9 cm³/mol. The van der Waals surface area contributed by atoms with Gasteiger partial charge in [0, 0.05) is 6.20 Å². The average Bonchev–Trinajstić information content (AvgIpc) is 2.08. The number of aromatic nitrogens is 1. The number of halogens is 1. The second-order valence-electron chi connectivity index (χ2n) is 2.10. The molecule has 0 saturated heterocycles. The van der Waals surface area contributed by atoms with Crippen LogP contribution >= 0.6 is 0 Å². The van der Waals surface area contributed by atoms with Gasteiger partial charge in [0.2, 0.25) is 5.95 Å². The molecule has 0 aromatic carbocycles. The zero-order valence-corrected chi connectivity index (χ0v) is 6.37. The summed E-state index contributed by atoms with van der Waals surface area (Å²) < 4.78 is 17.0. The van der Waals surface area contributed by atoms with Crippen molar-refractivity contribution in [2.24, 2.45) is 0 Å². The third kappa shape index (κ3) is 1.61. The van der Waals surface area contributed by atoms with Crippen LogP contribution in [0.4, 0.5) is 4.39 Å². The van der Waals surface area contributed by atoms with Gasteiger partial charge in [-0.15, -0.1) is 0 Å². The van der Waals surface area contributed by atoms with E-state index in [0.29, 0.717) is 0 Å². The summed E-state index contributed by atoms with van der Waals surface area (Å²) >= 11 is 0. The van der Waals surface area contributed by atoms with Crippen molar-refractivity contribution >= 4 is 19.3 Å². The molecule has 0 aliphatic carbocycles. The first kappa shape index (κ1) is 8.71. The fourth-order valence-electron chi connectivity index (χ4n) is 0.717. The van der Waals surface area contributed by atoms with Gasteiger partial charge in [0.05, 0.1) is 7.11 Å². The fourth-order valence-corrected chi connectivity index (χ4v) is 0.717. The summed E-state index contributed by atoms with van der Waals surface area (Å²) in [5, 5.41) is 0. The molecule has 60 valence electrons. The van der Waals surface area contributed by atoms with Crippen LogP contribution in [0, 0.1) is 5.95 Å². The van der Waals surface area contributed by atoms with Crippen molar-refractivity contribution in [1.82, 2.24) is 4.98 Å². The predicted octanol–water partition coefficient (Wildman–Crippen LogP) is -0.199. The quantitative estimate of drug-likeness (QED) is 0.328. The van der Waals surface area contributed by atoms with Gasteiger partial charge in [-0.2, -0.15) is 4.39 Å². The van der Waals surface area contributed by atoms with Crippen molar-refractivity contribution in [2.45, 2.75) is 0 Å². The van der Waals surface area contributed by atoms with Crippen molar-refractivity contribution in [1.29, 1.82) is 0 Å². The fraction of sp³-hybridized carbons (Fsp3) is 0.143. The Morgan fingerprint density at radius 1 is 1.75 bits per heavy atom. The Kier molecular flexibility index (Phi) is 2.42. The molecule has 0 bridgehead atoms. The third-order valence-corrected chi connectivity index (χ3v) is 1.27. The lowest BCUT2D eigenvalue weighted by Gasteiger charge is -2.00. The van der Waals surface area contributed by atoms with E-state index >= 15 is 0 Å². The van der Waals surface area contributed by atoms with Crippen LogP contribution in [0.1, 0.15) is 10.4 Å². The molecule has 0 atom stereocenters. The van der Waals surface area contributed by atoms with E-state index in [1.165, 1.54) is 6.07 Å². The van der Waals surface area contributed by atoms with E-state index in [0.717, 1.165) is 13.3 Å². The molecule has 2 radical (unpaired) electrons. The van der Waals surface area contributed by atoms with E-state index in [4.69, 9.17) is 7.85 Å². The van der Waals surface area contributed by atoms with Gasteiger partial charge in [-0.05, 0) is 6.07 Å². The van der Waals surface area contributed by atoms with E-state index in [1.807, 2.05) is 0 Å². The number of esters is 1. The molecule has 0 aliphatic rings. The van der Waals surface area contributed by atoms with Gasteiger partial charge in [-0.3, -0.25) is 0 Å². The van der Waals surface area contributed by atoms with Crippen LogP contribution in [0.25, 0.3) is 0 Å². The largest absolute Gasteiger partial charge is 0.465 e. The first-order valence-electron chi connectivity index (χ1n) is 3.14. The maximum atomic E-state index is 12.7. The molecule has 0 aliphatic heterocycles. The van der Waals surface area contributed by atoms with Crippen LogP contribution in [0.3, 0.4) is 0 Å². The Balaban J connectivity index is 3.13. The number of carbonyl (C=O) groups is 1. The number of hydrogen-bond acceptors (Lipinski definition) is 3. The van der Waals surface area contributed by atoms with Gasteiger partial charge in [0.25, 0.3) is 0 Å². The number of ether oxygens (including phenoxy) is 1. The minimum absolute atomic E-state index is 0.219. The van der Waals surface area contributed by atoms with Crippen molar-refractivity contribution < 1.29 is 13.9 Å². The zero-order valence-electron chi connectivity index (χ0n) is 6.37. The molecule has 0 spiro atoms. The standard InChI is InChI=1S/C7H5BFNO2/c1-12-7(11)5-2-4(8)3-10-6(5)9/h2-3H,1H3. The Labute approximate surface area is 70.0 Å². The highest BCUT2D eigenvalue weighted by atomic mass is 19.1. The minimum Gasteiger partial charge on any atom is -0.465 e. The van der Waals surface area contributed by atoms with Gasteiger partial charge in [-0.1, -0.05) is 5.46 Å². The van der Waals surface area contributed by atoms with Gasteiger partial charge in [-0.25, -0.2) is 9.78 Å². The monoisotopic (exact) mass is 165 g/mol. The normalized spacial score (nSPS) is 9.50. The molecule has 0 fully saturated rings. The number of carbonyl (C=O) groups excluding carboxylic acids is 1. The summed E-state index contributed by atoms with van der Waals surface area (Å²) in [5.74, 6) is -1.66. The third-order valence-electron chi connectivity index (χ3n) is 1.27. The average molecular weight is 165 g/mol. The highest BCUT2D eigenvalue weighted by Gasteiger charge is 2.12. The summed E-state index contributed by atoms with van der Waals surface area (Å²) in [5.41, 5.74) is -0.0331. The SMILES string of the molecule is [B]c1cnc(F)c(C(=O)OC)c1. The lowest BCUT2D eigenvalue weighted by molar-refractivity contribution is 0.0594. The molecule has 0 amide bonds. The summed E-state index contributed by atoms with van der Waals surface area (Å²) in [6, 6.07) is 1.17. The molecule has 1 aromatic rings. The van der Waals surface area contributed by atoms with Gasteiger partial charge < -0.3 is 4.74 Å². The molecule has 12 heavy (non-hydrogen) atoms. The molecular formula is C7H5BFNO2. The van der Waals surface area contributed by atoms with Gasteiger partial charge >= 0.3 is 5.97 Å². The highest BCUT2D eigenvalue weighted by molar-refractivity contribution is 6.32. The molecule has 1 heterocycles. The molecule has 3 nitrogen and oxygen atoms in total. The first-order chi connectivity index (χ1) is 5.65. The maximum absolute atomic E-state index is 12.7. The van der Waals surface area contributed by atoms with Gasteiger partial charge in [0.1, 0.15) is 13.4 Å².